The minimum absolute atomic E-state index is 0.0744. The summed E-state index contributed by atoms with van der Waals surface area (Å²) < 4.78 is 24.4. The number of esters is 1. The molecule has 0 aromatic carbocycles. The van der Waals surface area contributed by atoms with Crippen LogP contribution in [0, 0.1) is 6.92 Å². The molecule has 0 aliphatic carbocycles. The summed E-state index contributed by atoms with van der Waals surface area (Å²) >= 11 is 0. The van der Waals surface area contributed by atoms with Gasteiger partial charge in [-0.2, -0.15) is 0 Å². The van der Waals surface area contributed by atoms with Crippen molar-refractivity contribution in [3.8, 4) is 0 Å². The van der Waals surface area contributed by atoms with Crippen molar-refractivity contribution in [2.24, 2.45) is 5.11 Å². The molecule has 33 heavy (non-hydrogen) atoms. The van der Waals surface area contributed by atoms with Crippen molar-refractivity contribution in [1.29, 1.82) is 0 Å². The number of aryl methyl sites for hydroxylation is 1. The monoisotopic (exact) mass is 467 g/mol. The molecule has 11 heteroatoms. The van der Waals surface area contributed by atoms with Crippen molar-refractivity contribution < 1.29 is 18.7 Å². The number of ether oxygens (including phenoxy) is 2. The standard InChI is InChI=1S/C22H34FN5O5/c1-16-14-28(22(31)25-21(16)30)19-13-17(26-27-24)18(33-19)15-32-20(29)11-9-7-5-3-2-4-6-8-10-12-23/h14,17-19H,2-13,15H2,1H3,(H,25,30,31). The van der Waals surface area contributed by atoms with E-state index in [-0.39, 0.29) is 25.7 Å². The van der Waals surface area contributed by atoms with Crippen LogP contribution in [0.2, 0.25) is 0 Å². The maximum Gasteiger partial charge on any atom is 0.330 e. The van der Waals surface area contributed by atoms with E-state index in [9.17, 15) is 18.8 Å². The van der Waals surface area contributed by atoms with Gasteiger partial charge in [0.15, 0.2) is 0 Å². The SMILES string of the molecule is Cc1cn(C2CC(N=[N+]=[N-])C(COC(=O)CCCCCCCCCCCF)O2)c(=O)[nH]c1=O. The van der Waals surface area contributed by atoms with Crippen LogP contribution in [0.15, 0.2) is 20.9 Å². The Morgan fingerprint density at radius 1 is 1.21 bits per heavy atom. The molecule has 0 radical (unpaired) electrons. The second kappa shape index (κ2) is 14.5. The van der Waals surface area contributed by atoms with E-state index >= 15 is 0 Å². The van der Waals surface area contributed by atoms with E-state index in [1.54, 1.807) is 6.92 Å². The molecule has 3 unspecified atom stereocenters. The number of azide groups is 1. The van der Waals surface area contributed by atoms with Crippen LogP contribution in [-0.4, -0.2) is 40.9 Å². The van der Waals surface area contributed by atoms with E-state index in [0.717, 1.165) is 51.4 Å². The normalized spacial score (nSPS) is 19.9. The maximum atomic E-state index is 12.1. The molecule has 0 spiro atoms. The lowest BCUT2D eigenvalue weighted by Crippen LogP contribution is -2.33. The Morgan fingerprint density at radius 3 is 2.48 bits per heavy atom. The average molecular weight is 468 g/mol. The number of halogens is 1. The summed E-state index contributed by atoms with van der Waals surface area (Å²) in [7, 11) is 0. The Hall–Kier alpha value is -2.65. The third-order valence-corrected chi connectivity index (χ3v) is 5.78. The first-order chi connectivity index (χ1) is 16.0. The number of nitrogens with zero attached hydrogens (tertiary/aromatic N) is 4. The van der Waals surface area contributed by atoms with Crippen molar-refractivity contribution in [3.63, 3.8) is 0 Å². The molecule has 1 N–H and O–H groups in total. The predicted octanol–water partition coefficient (Wildman–Crippen LogP) is 4.23. The summed E-state index contributed by atoms with van der Waals surface area (Å²) in [6.45, 7) is 1.27. The number of carbonyl (C=O) groups is 1. The molecule has 3 atom stereocenters. The number of H-pyrrole nitrogens is 1. The van der Waals surface area contributed by atoms with E-state index < -0.39 is 29.6 Å². The zero-order valence-electron chi connectivity index (χ0n) is 19.2. The number of aromatic nitrogens is 2. The molecule has 0 saturated carbocycles. The van der Waals surface area contributed by atoms with Crippen LogP contribution >= 0.6 is 0 Å². The molecule has 1 aliphatic rings. The number of alkyl halides is 1. The van der Waals surface area contributed by atoms with Crippen LogP contribution in [0.4, 0.5) is 4.39 Å². The zero-order chi connectivity index (χ0) is 24.1. The van der Waals surface area contributed by atoms with Crippen molar-refractivity contribution in [2.75, 3.05) is 13.3 Å². The quantitative estimate of drug-likeness (QED) is 0.135. The first-order valence-electron chi connectivity index (χ1n) is 11.7. The zero-order valence-corrected chi connectivity index (χ0v) is 19.2. The molecule has 184 valence electrons. The molecule has 0 amide bonds. The highest BCUT2D eigenvalue weighted by molar-refractivity contribution is 5.69. The molecule has 1 aromatic rings. The van der Waals surface area contributed by atoms with E-state index in [1.807, 2.05) is 0 Å². The van der Waals surface area contributed by atoms with E-state index in [0.29, 0.717) is 18.4 Å². The number of rotatable bonds is 15. The van der Waals surface area contributed by atoms with Crippen LogP contribution in [0.25, 0.3) is 10.4 Å². The van der Waals surface area contributed by atoms with Gasteiger partial charge in [0.2, 0.25) is 0 Å². The van der Waals surface area contributed by atoms with Crippen LogP contribution < -0.4 is 11.2 Å². The van der Waals surface area contributed by atoms with Gasteiger partial charge in [-0.15, -0.1) is 0 Å². The Bertz CT molecular complexity index is 911. The van der Waals surface area contributed by atoms with Gasteiger partial charge >= 0.3 is 11.7 Å². The first-order valence-corrected chi connectivity index (χ1v) is 11.7. The van der Waals surface area contributed by atoms with Gasteiger partial charge in [0, 0.05) is 29.5 Å². The van der Waals surface area contributed by atoms with Gasteiger partial charge in [-0.05, 0) is 25.3 Å². The molecule has 2 heterocycles. The third-order valence-electron chi connectivity index (χ3n) is 5.78. The van der Waals surface area contributed by atoms with Crippen LogP contribution in [0.1, 0.15) is 82.4 Å². The number of hydrogen-bond donors (Lipinski definition) is 1. The van der Waals surface area contributed by atoms with Crippen LogP contribution in [-0.2, 0) is 14.3 Å². The molecule has 0 bridgehead atoms. The summed E-state index contributed by atoms with van der Waals surface area (Å²) in [5, 5.41) is 3.71. The molecular formula is C22H34FN5O5. The topological polar surface area (TPSA) is 139 Å². The fraction of sp³-hybridized carbons (Fsp3) is 0.773. The second-order valence-electron chi connectivity index (χ2n) is 8.42. The van der Waals surface area contributed by atoms with E-state index in [1.165, 1.54) is 10.8 Å². The van der Waals surface area contributed by atoms with Gasteiger partial charge in [-0.1, -0.05) is 50.1 Å². The molecule has 1 aliphatic heterocycles. The lowest BCUT2D eigenvalue weighted by atomic mass is 10.1. The first kappa shape index (κ1) is 26.6. The second-order valence-corrected chi connectivity index (χ2v) is 8.42. The number of unbranched alkanes of at least 4 members (excludes halogenated alkanes) is 8. The highest BCUT2D eigenvalue weighted by atomic mass is 19.1. The van der Waals surface area contributed by atoms with E-state index in [4.69, 9.17) is 15.0 Å². The molecule has 1 fully saturated rings. The lowest BCUT2D eigenvalue weighted by molar-refractivity contribution is -0.148. The molecule has 2 rings (SSSR count). The van der Waals surface area contributed by atoms with Crippen molar-refractivity contribution in [3.05, 3.63) is 43.0 Å². The Morgan fingerprint density at radius 2 is 1.85 bits per heavy atom. The van der Waals surface area contributed by atoms with Gasteiger partial charge < -0.3 is 9.47 Å². The number of aromatic amines is 1. The fourth-order valence-corrected chi connectivity index (χ4v) is 3.87. The fourth-order valence-electron chi connectivity index (χ4n) is 3.87. The smallest absolute Gasteiger partial charge is 0.330 e. The Balaban J connectivity index is 1.71. The van der Waals surface area contributed by atoms with Crippen molar-refractivity contribution >= 4 is 5.97 Å². The lowest BCUT2D eigenvalue weighted by Gasteiger charge is -2.17. The summed E-state index contributed by atoms with van der Waals surface area (Å²) in [5.41, 5.74) is 8.10. The van der Waals surface area contributed by atoms with Gasteiger partial charge in [0.25, 0.3) is 5.56 Å². The van der Waals surface area contributed by atoms with Crippen LogP contribution in [0.5, 0.6) is 0 Å². The largest absolute Gasteiger partial charge is 0.463 e. The third kappa shape index (κ3) is 9.01. The van der Waals surface area contributed by atoms with Gasteiger partial charge in [0.05, 0.1) is 12.7 Å². The van der Waals surface area contributed by atoms with Crippen molar-refractivity contribution in [1.82, 2.24) is 9.55 Å². The minimum atomic E-state index is -0.732. The van der Waals surface area contributed by atoms with Crippen LogP contribution in [0.3, 0.4) is 0 Å². The van der Waals surface area contributed by atoms with Crippen molar-refractivity contribution in [2.45, 2.75) is 95.9 Å². The molecule has 10 nitrogen and oxygen atoms in total. The predicted molar refractivity (Wildman–Crippen MR) is 121 cm³/mol. The number of nitrogens with one attached hydrogen (secondary N) is 1. The van der Waals surface area contributed by atoms with Gasteiger partial charge in [-0.3, -0.25) is 23.5 Å². The highest BCUT2D eigenvalue weighted by Crippen LogP contribution is 2.30. The summed E-state index contributed by atoms with van der Waals surface area (Å²) in [6.07, 6.45) is 9.31. The summed E-state index contributed by atoms with van der Waals surface area (Å²) in [6, 6.07) is -0.600. The molecule has 1 aromatic heterocycles. The molecular weight excluding hydrogens is 433 g/mol. The number of hydrogen-bond acceptors (Lipinski definition) is 6. The summed E-state index contributed by atoms with van der Waals surface area (Å²) in [4.78, 5) is 40.8. The van der Waals surface area contributed by atoms with Gasteiger partial charge in [-0.25, -0.2) is 4.79 Å². The van der Waals surface area contributed by atoms with E-state index in [2.05, 4.69) is 15.0 Å². The highest BCUT2D eigenvalue weighted by Gasteiger charge is 2.37. The number of carbonyl (C=O) groups excluding carboxylic acids is 1. The summed E-state index contributed by atoms with van der Waals surface area (Å²) in [5.74, 6) is -0.343. The average Bonchev–Trinajstić information content (AvgIpc) is 3.18. The molecule has 1 saturated heterocycles. The Kier molecular flexibility index (Phi) is 11.7. The maximum absolute atomic E-state index is 12.1. The minimum Gasteiger partial charge on any atom is -0.463 e. The Labute approximate surface area is 192 Å². The van der Waals surface area contributed by atoms with Gasteiger partial charge in [0.1, 0.15) is 18.9 Å².